The normalized spacial score (nSPS) is 17.6. The molecule has 1 saturated carbocycles. The Morgan fingerprint density at radius 2 is 1.95 bits per heavy atom. The van der Waals surface area contributed by atoms with Crippen LogP contribution in [0.5, 0.6) is 0 Å². The van der Waals surface area contributed by atoms with Crippen molar-refractivity contribution in [2.75, 3.05) is 12.0 Å². The summed E-state index contributed by atoms with van der Waals surface area (Å²) >= 11 is 0. The highest BCUT2D eigenvalue weighted by Crippen LogP contribution is 2.48. The predicted molar refractivity (Wildman–Crippen MR) is 71.0 cm³/mol. The molecule has 1 fully saturated rings. The molecule has 1 heterocycles. The van der Waals surface area contributed by atoms with Crippen molar-refractivity contribution in [2.24, 2.45) is 5.41 Å². The summed E-state index contributed by atoms with van der Waals surface area (Å²) in [5.74, 6) is -1.74. The Kier molecular flexibility index (Phi) is 2.86. The van der Waals surface area contributed by atoms with Crippen molar-refractivity contribution in [3.8, 4) is 0 Å². The second kappa shape index (κ2) is 4.25. The van der Waals surface area contributed by atoms with Crippen LogP contribution in [0.4, 0.5) is 8.78 Å². The van der Waals surface area contributed by atoms with E-state index in [1.54, 1.807) is 4.57 Å². The summed E-state index contributed by atoms with van der Waals surface area (Å²) in [4.78, 5) is 4.04. The fraction of sp³-hybridized carbons (Fsp3) is 0.462. The molecule has 0 amide bonds. The van der Waals surface area contributed by atoms with Gasteiger partial charge in [-0.25, -0.2) is 22.2 Å². The van der Waals surface area contributed by atoms with E-state index in [0.717, 1.165) is 25.0 Å². The van der Waals surface area contributed by atoms with Crippen LogP contribution in [-0.4, -0.2) is 30.0 Å². The maximum absolute atomic E-state index is 13.3. The smallest absolute Gasteiger partial charge is 0.161 e. The van der Waals surface area contributed by atoms with E-state index in [4.69, 9.17) is 0 Å². The minimum atomic E-state index is -3.06. The van der Waals surface area contributed by atoms with Crippen LogP contribution in [0.1, 0.15) is 12.8 Å². The average molecular weight is 300 g/mol. The van der Waals surface area contributed by atoms with E-state index in [9.17, 15) is 17.2 Å². The number of aromatic nitrogens is 2. The zero-order chi connectivity index (χ0) is 14.5. The highest BCUT2D eigenvalue weighted by atomic mass is 32.2. The molecule has 7 heteroatoms. The first-order valence-electron chi connectivity index (χ1n) is 6.26. The first kappa shape index (κ1) is 13.5. The number of fused-ring (bicyclic) bond motifs is 1. The van der Waals surface area contributed by atoms with E-state index < -0.39 is 21.5 Å². The highest BCUT2D eigenvalue weighted by Gasteiger charge is 2.45. The molecular weight excluding hydrogens is 286 g/mol. The van der Waals surface area contributed by atoms with Gasteiger partial charge in [0.05, 0.1) is 23.1 Å². The van der Waals surface area contributed by atoms with Crippen LogP contribution in [0.25, 0.3) is 11.0 Å². The molecule has 108 valence electrons. The molecule has 1 aliphatic rings. The molecule has 1 aromatic carbocycles. The van der Waals surface area contributed by atoms with E-state index in [1.807, 2.05) is 0 Å². The highest BCUT2D eigenvalue weighted by molar-refractivity contribution is 7.90. The topological polar surface area (TPSA) is 52.0 Å². The standard InChI is InChI=1S/C13H14F2N2O2S/c1-20(18,19)7-13(2-3-13)6-17-8-16-11-4-9(14)10(15)5-12(11)17/h4-5,8H,2-3,6-7H2,1H3. The van der Waals surface area contributed by atoms with Crippen LogP contribution < -0.4 is 0 Å². The molecule has 0 bridgehead atoms. The Balaban J connectivity index is 1.94. The molecule has 0 saturated heterocycles. The number of hydrogen-bond donors (Lipinski definition) is 0. The van der Waals surface area contributed by atoms with Crippen molar-refractivity contribution >= 4 is 20.9 Å². The van der Waals surface area contributed by atoms with Crippen molar-refractivity contribution in [1.82, 2.24) is 9.55 Å². The molecule has 1 aromatic heterocycles. The maximum Gasteiger partial charge on any atom is 0.161 e. The summed E-state index contributed by atoms with van der Waals surface area (Å²) in [6.07, 6.45) is 4.37. The average Bonchev–Trinajstić information content (AvgIpc) is 2.95. The summed E-state index contributed by atoms with van der Waals surface area (Å²) in [5, 5.41) is 0. The number of benzene rings is 1. The quantitative estimate of drug-likeness (QED) is 0.869. The first-order valence-corrected chi connectivity index (χ1v) is 8.32. The van der Waals surface area contributed by atoms with Gasteiger partial charge >= 0.3 is 0 Å². The van der Waals surface area contributed by atoms with E-state index in [2.05, 4.69) is 4.98 Å². The molecule has 0 radical (unpaired) electrons. The van der Waals surface area contributed by atoms with Crippen molar-refractivity contribution in [2.45, 2.75) is 19.4 Å². The number of imidazole rings is 1. The third kappa shape index (κ3) is 2.54. The Hall–Kier alpha value is -1.50. The SMILES string of the molecule is CS(=O)(=O)CC1(Cn2cnc3cc(F)c(F)cc32)CC1. The Labute approximate surface area is 115 Å². The molecule has 0 unspecified atom stereocenters. The Bertz CT molecular complexity index is 779. The van der Waals surface area contributed by atoms with E-state index >= 15 is 0 Å². The van der Waals surface area contributed by atoms with Crippen LogP contribution in [-0.2, 0) is 16.4 Å². The van der Waals surface area contributed by atoms with E-state index in [0.29, 0.717) is 17.6 Å². The zero-order valence-electron chi connectivity index (χ0n) is 10.9. The Morgan fingerprint density at radius 3 is 2.55 bits per heavy atom. The summed E-state index contributed by atoms with van der Waals surface area (Å²) in [5.41, 5.74) is 0.578. The van der Waals surface area contributed by atoms with Gasteiger partial charge in [0.1, 0.15) is 9.84 Å². The molecule has 0 atom stereocenters. The van der Waals surface area contributed by atoms with Crippen molar-refractivity contribution < 1.29 is 17.2 Å². The fourth-order valence-electron chi connectivity index (χ4n) is 2.62. The number of nitrogens with zero attached hydrogens (tertiary/aromatic N) is 2. The lowest BCUT2D eigenvalue weighted by atomic mass is 10.1. The minimum Gasteiger partial charge on any atom is -0.330 e. The van der Waals surface area contributed by atoms with Crippen LogP contribution in [0.2, 0.25) is 0 Å². The van der Waals surface area contributed by atoms with E-state index in [1.165, 1.54) is 12.6 Å². The van der Waals surface area contributed by atoms with Gasteiger partial charge in [-0.1, -0.05) is 0 Å². The summed E-state index contributed by atoms with van der Waals surface area (Å²) in [6.45, 7) is 0.460. The molecule has 0 aliphatic heterocycles. The fourth-order valence-corrected chi connectivity index (χ4v) is 4.11. The van der Waals surface area contributed by atoms with Crippen molar-refractivity contribution in [1.29, 1.82) is 0 Å². The van der Waals surface area contributed by atoms with Crippen LogP contribution in [0, 0.1) is 17.0 Å². The van der Waals surface area contributed by atoms with Crippen molar-refractivity contribution in [3.63, 3.8) is 0 Å². The second-order valence-corrected chi connectivity index (χ2v) is 7.84. The summed E-state index contributed by atoms with van der Waals surface area (Å²) in [7, 11) is -3.06. The van der Waals surface area contributed by atoms with Gasteiger partial charge in [0.15, 0.2) is 11.6 Å². The van der Waals surface area contributed by atoms with E-state index in [-0.39, 0.29) is 11.2 Å². The third-order valence-electron chi connectivity index (χ3n) is 3.69. The summed E-state index contributed by atoms with van der Waals surface area (Å²) in [6, 6.07) is 2.16. The third-order valence-corrected chi connectivity index (χ3v) is 4.83. The van der Waals surface area contributed by atoms with Gasteiger partial charge in [0, 0.05) is 30.3 Å². The monoisotopic (exact) mass is 300 g/mol. The van der Waals surface area contributed by atoms with Gasteiger partial charge in [0.2, 0.25) is 0 Å². The molecule has 3 rings (SSSR count). The number of hydrogen-bond acceptors (Lipinski definition) is 3. The number of sulfone groups is 1. The summed E-state index contributed by atoms with van der Waals surface area (Å²) < 4.78 is 51.0. The number of rotatable bonds is 4. The predicted octanol–water partition coefficient (Wildman–Crippen LogP) is 2.14. The van der Waals surface area contributed by atoms with Gasteiger partial charge in [0.25, 0.3) is 0 Å². The Morgan fingerprint density at radius 1 is 1.30 bits per heavy atom. The minimum absolute atomic E-state index is 0.114. The lowest BCUT2D eigenvalue weighted by Gasteiger charge is -2.15. The second-order valence-electron chi connectivity index (χ2n) is 5.70. The van der Waals surface area contributed by atoms with Crippen LogP contribution in [0.15, 0.2) is 18.5 Å². The molecule has 20 heavy (non-hydrogen) atoms. The van der Waals surface area contributed by atoms with Crippen LogP contribution >= 0.6 is 0 Å². The molecule has 4 nitrogen and oxygen atoms in total. The number of halogens is 2. The van der Waals surface area contributed by atoms with Crippen molar-refractivity contribution in [3.05, 3.63) is 30.1 Å². The van der Waals surface area contributed by atoms with Gasteiger partial charge in [-0.3, -0.25) is 0 Å². The zero-order valence-corrected chi connectivity index (χ0v) is 11.8. The molecule has 0 spiro atoms. The molecule has 1 aliphatic carbocycles. The van der Waals surface area contributed by atoms with Crippen LogP contribution in [0.3, 0.4) is 0 Å². The lowest BCUT2D eigenvalue weighted by Crippen LogP contribution is -2.21. The molecule has 2 aromatic rings. The molecule has 0 N–H and O–H groups in total. The maximum atomic E-state index is 13.3. The molecular formula is C13H14F2N2O2S. The first-order chi connectivity index (χ1) is 9.28. The van der Waals surface area contributed by atoms with Gasteiger partial charge in [-0.05, 0) is 12.8 Å². The largest absolute Gasteiger partial charge is 0.330 e. The van der Waals surface area contributed by atoms with Gasteiger partial charge < -0.3 is 4.57 Å². The lowest BCUT2D eigenvalue weighted by molar-refractivity contribution is 0.466. The van der Waals surface area contributed by atoms with Gasteiger partial charge in [-0.2, -0.15) is 0 Å². The van der Waals surface area contributed by atoms with Gasteiger partial charge in [-0.15, -0.1) is 0 Å².